The van der Waals surface area contributed by atoms with Crippen molar-refractivity contribution >= 4 is 23.2 Å². The van der Waals surface area contributed by atoms with Gasteiger partial charge in [-0.05, 0) is 23.3 Å². The molecule has 1 unspecified atom stereocenters. The first-order chi connectivity index (χ1) is 12.2. The van der Waals surface area contributed by atoms with Crippen molar-refractivity contribution in [2.75, 3.05) is 30.9 Å². The van der Waals surface area contributed by atoms with Crippen molar-refractivity contribution in [3.63, 3.8) is 0 Å². The average Bonchev–Trinajstić information content (AvgIpc) is 2.69. The molecule has 1 aliphatic rings. The lowest BCUT2D eigenvalue weighted by atomic mass is 9.77. The number of carbonyl (C=O) groups is 1. The number of carbonyl (C=O) groups excluding carboxylic acids is 1. The molecule has 0 spiro atoms. The summed E-state index contributed by atoms with van der Waals surface area (Å²) < 4.78 is 6.34. The highest BCUT2D eigenvalue weighted by Crippen LogP contribution is 2.41. The van der Waals surface area contributed by atoms with E-state index in [0.29, 0.717) is 6.61 Å². The van der Waals surface area contributed by atoms with E-state index in [4.69, 9.17) is 16.3 Å². The van der Waals surface area contributed by atoms with Gasteiger partial charge in [0.15, 0.2) is 0 Å². The van der Waals surface area contributed by atoms with Crippen molar-refractivity contribution in [3.05, 3.63) is 65.7 Å². The van der Waals surface area contributed by atoms with Gasteiger partial charge in [0, 0.05) is 24.7 Å². The summed E-state index contributed by atoms with van der Waals surface area (Å²) in [6.45, 7) is 4.47. The standard InChI is InChI=1S/C20H23ClN2O2/c1-15(16-5-3-2-4-6-16)20(14-22-11-12-25-20)17-7-9-18(10-8-17)23-19(24)13-21/h2-10,15,22H,11-14H2,1H3,(H,23,24)/t15-,20?/m1/s1. The van der Waals surface area contributed by atoms with E-state index in [2.05, 4.69) is 41.8 Å². The van der Waals surface area contributed by atoms with Crippen LogP contribution in [0.2, 0.25) is 0 Å². The van der Waals surface area contributed by atoms with E-state index in [1.54, 1.807) is 0 Å². The number of hydrogen-bond donors (Lipinski definition) is 2. The third-order valence-electron chi connectivity index (χ3n) is 4.80. The topological polar surface area (TPSA) is 50.4 Å². The molecule has 0 bridgehead atoms. The fourth-order valence-corrected chi connectivity index (χ4v) is 3.45. The minimum atomic E-state index is -0.436. The summed E-state index contributed by atoms with van der Waals surface area (Å²) >= 11 is 5.55. The van der Waals surface area contributed by atoms with Gasteiger partial charge in [0.2, 0.25) is 5.91 Å². The number of halogens is 1. The Morgan fingerprint density at radius 2 is 1.96 bits per heavy atom. The number of rotatable bonds is 5. The van der Waals surface area contributed by atoms with Crippen molar-refractivity contribution in [3.8, 4) is 0 Å². The lowest BCUT2D eigenvalue weighted by molar-refractivity contribution is -0.113. The zero-order chi connectivity index (χ0) is 17.7. The van der Waals surface area contributed by atoms with Crippen LogP contribution in [0.5, 0.6) is 0 Å². The van der Waals surface area contributed by atoms with Crippen LogP contribution in [0.1, 0.15) is 24.0 Å². The van der Waals surface area contributed by atoms with Crippen molar-refractivity contribution in [1.29, 1.82) is 0 Å². The first-order valence-electron chi connectivity index (χ1n) is 8.52. The maximum Gasteiger partial charge on any atom is 0.239 e. The highest BCUT2D eigenvalue weighted by molar-refractivity contribution is 6.29. The number of alkyl halides is 1. The summed E-state index contributed by atoms with van der Waals surface area (Å²) in [5, 5.41) is 6.24. The van der Waals surface area contributed by atoms with Gasteiger partial charge in [-0.25, -0.2) is 0 Å². The smallest absolute Gasteiger partial charge is 0.239 e. The highest BCUT2D eigenvalue weighted by atomic mass is 35.5. The molecule has 3 rings (SSSR count). The lowest BCUT2D eigenvalue weighted by Crippen LogP contribution is -2.50. The fourth-order valence-electron chi connectivity index (χ4n) is 3.38. The Morgan fingerprint density at radius 1 is 1.24 bits per heavy atom. The first-order valence-corrected chi connectivity index (χ1v) is 9.05. The van der Waals surface area contributed by atoms with Crippen LogP contribution >= 0.6 is 11.6 Å². The maximum atomic E-state index is 11.4. The monoisotopic (exact) mass is 358 g/mol. The van der Waals surface area contributed by atoms with Gasteiger partial charge in [-0.2, -0.15) is 0 Å². The second-order valence-electron chi connectivity index (χ2n) is 6.31. The molecule has 1 heterocycles. The molecule has 5 heteroatoms. The zero-order valence-corrected chi connectivity index (χ0v) is 15.1. The molecule has 4 nitrogen and oxygen atoms in total. The van der Waals surface area contributed by atoms with Gasteiger partial charge in [-0.15, -0.1) is 11.6 Å². The van der Waals surface area contributed by atoms with E-state index in [9.17, 15) is 4.79 Å². The Morgan fingerprint density at radius 3 is 2.56 bits per heavy atom. The van der Waals surface area contributed by atoms with Crippen LogP contribution in [0.4, 0.5) is 5.69 Å². The summed E-state index contributed by atoms with van der Waals surface area (Å²) in [5.74, 6) is -0.0776. The number of anilines is 1. The third-order valence-corrected chi connectivity index (χ3v) is 5.05. The second-order valence-corrected chi connectivity index (χ2v) is 6.57. The largest absolute Gasteiger partial charge is 0.367 e. The molecule has 2 atom stereocenters. The molecule has 2 aromatic rings. The molecule has 2 aromatic carbocycles. The lowest BCUT2D eigenvalue weighted by Gasteiger charge is -2.43. The van der Waals surface area contributed by atoms with Crippen LogP contribution in [-0.2, 0) is 15.1 Å². The number of ether oxygens (including phenoxy) is 1. The predicted octanol–water partition coefficient (Wildman–Crippen LogP) is 3.48. The summed E-state index contributed by atoms with van der Waals surface area (Å²) in [5.41, 5.74) is 2.64. The number of nitrogens with one attached hydrogen (secondary N) is 2. The number of morpholine rings is 1. The molecule has 1 amide bonds. The van der Waals surface area contributed by atoms with Crippen LogP contribution in [0.25, 0.3) is 0 Å². The quantitative estimate of drug-likeness (QED) is 0.804. The summed E-state index contributed by atoms with van der Waals surface area (Å²) in [6.07, 6.45) is 0. The Labute approximate surface area is 153 Å². The Kier molecular flexibility index (Phi) is 5.74. The van der Waals surface area contributed by atoms with Crippen LogP contribution in [0, 0.1) is 0 Å². The van der Waals surface area contributed by atoms with Crippen molar-refractivity contribution in [2.45, 2.75) is 18.4 Å². The molecule has 132 valence electrons. The molecule has 0 aromatic heterocycles. The number of hydrogen-bond acceptors (Lipinski definition) is 3. The van der Waals surface area contributed by atoms with Gasteiger partial charge in [0.1, 0.15) is 11.5 Å². The molecular formula is C20H23ClN2O2. The molecule has 25 heavy (non-hydrogen) atoms. The Hall–Kier alpha value is -1.88. The third kappa shape index (κ3) is 3.87. The predicted molar refractivity (Wildman–Crippen MR) is 101 cm³/mol. The molecule has 1 saturated heterocycles. The SMILES string of the molecule is C[C@H](c1ccccc1)C1(c2ccc(NC(=O)CCl)cc2)CNCCO1. The van der Waals surface area contributed by atoms with Gasteiger partial charge >= 0.3 is 0 Å². The number of benzene rings is 2. The minimum Gasteiger partial charge on any atom is -0.367 e. The fraction of sp³-hybridized carbons (Fsp3) is 0.350. The molecule has 2 N–H and O–H groups in total. The second kappa shape index (κ2) is 8.00. The van der Waals surface area contributed by atoms with E-state index in [1.165, 1.54) is 5.56 Å². The number of amides is 1. The summed E-state index contributed by atoms with van der Waals surface area (Å²) in [4.78, 5) is 11.4. The van der Waals surface area contributed by atoms with Gasteiger partial charge < -0.3 is 15.4 Å². The minimum absolute atomic E-state index is 0.0518. The molecule has 0 saturated carbocycles. The van der Waals surface area contributed by atoms with Gasteiger partial charge in [-0.1, -0.05) is 49.4 Å². The van der Waals surface area contributed by atoms with Gasteiger partial charge in [-0.3, -0.25) is 4.79 Å². The van der Waals surface area contributed by atoms with E-state index >= 15 is 0 Å². The van der Waals surface area contributed by atoms with Crippen LogP contribution in [-0.4, -0.2) is 31.5 Å². The molecule has 0 aliphatic carbocycles. The maximum absolute atomic E-state index is 11.4. The molecular weight excluding hydrogens is 336 g/mol. The molecule has 1 aliphatic heterocycles. The van der Waals surface area contributed by atoms with E-state index in [-0.39, 0.29) is 17.7 Å². The van der Waals surface area contributed by atoms with Gasteiger partial charge in [0.25, 0.3) is 0 Å². The van der Waals surface area contributed by atoms with Crippen molar-refractivity contribution in [1.82, 2.24) is 5.32 Å². The zero-order valence-electron chi connectivity index (χ0n) is 14.3. The normalized spacial score (nSPS) is 21.5. The van der Waals surface area contributed by atoms with Crippen molar-refractivity contribution < 1.29 is 9.53 Å². The van der Waals surface area contributed by atoms with Crippen LogP contribution in [0.15, 0.2) is 54.6 Å². The molecule has 1 fully saturated rings. The van der Waals surface area contributed by atoms with Crippen LogP contribution in [0.3, 0.4) is 0 Å². The van der Waals surface area contributed by atoms with Crippen LogP contribution < -0.4 is 10.6 Å². The van der Waals surface area contributed by atoms with E-state index in [1.807, 2.05) is 30.3 Å². The van der Waals surface area contributed by atoms with Gasteiger partial charge in [0.05, 0.1) is 6.61 Å². The molecule has 0 radical (unpaired) electrons. The summed E-state index contributed by atoms with van der Waals surface area (Å²) in [7, 11) is 0. The first kappa shape index (κ1) is 17.9. The highest BCUT2D eigenvalue weighted by Gasteiger charge is 2.41. The summed E-state index contributed by atoms with van der Waals surface area (Å²) in [6, 6.07) is 18.3. The average molecular weight is 359 g/mol. The Bertz CT molecular complexity index is 697. The van der Waals surface area contributed by atoms with E-state index in [0.717, 1.165) is 24.3 Å². The van der Waals surface area contributed by atoms with E-state index < -0.39 is 5.60 Å². The van der Waals surface area contributed by atoms with Crippen molar-refractivity contribution in [2.24, 2.45) is 0 Å². The Balaban J connectivity index is 1.91.